The predicted octanol–water partition coefficient (Wildman–Crippen LogP) is 3.05. The predicted molar refractivity (Wildman–Crippen MR) is 72.7 cm³/mol. The highest BCUT2D eigenvalue weighted by molar-refractivity contribution is 8.13. The Kier molecular flexibility index (Phi) is 5.62. The van der Waals surface area contributed by atoms with Gasteiger partial charge in [0.05, 0.1) is 6.61 Å². The fraction of sp³-hybridized carbons (Fsp3) is 0.455. The molecule has 0 saturated carbocycles. The second-order valence-electron chi connectivity index (χ2n) is 3.43. The molecule has 17 heavy (non-hydrogen) atoms. The summed E-state index contributed by atoms with van der Waals surface area (Å²) in [6.07, 6.45) is 0. The van der Waals surface area contributed by atoms with Gasteiger partial charge >= 0.3 is 0 Å². The van der Waals surface area contributed by atoms with E-state index in [-0.39, 0.29) is 4.90 Å². The fourth-order valence-corrected chi connectivity index (χ4v) is 2.83. The van der Waals surface area contributed by atoms with Gasteiger partial charge in [-0.05, 0) is 30.4 Å². The van der Waals surface area contributed by atoms with Crippen molar-refractivity contribution in [3.05, 3.63) is 23.8 Å². The molecule has 0 aliphatic heterocycles. The topological polar surface area (TPSA) is 43.4 Å². The van der Waals surface area contributed by atoms with E-state index in [1.165, 1.54) is 6.07 Å². The average molecular weight is 295 g/mol. The first kappa shape index (κ1) is 14.7. The van der Waals surface area contributed by atoms with Gasteiger partial charge in [0.15, 0.2) is 0 Å². The Morgan fingerprint density at radius 2 is 2.12 bits per heavy atom. The first-order valence-electron chi connectivity index (χ1n) is 5.21. The molecule has 1 aromatic rings. The Labute approximate surface area is 111 Å². The van der Waals surface area contributed by atoms with E-state index in [1.807, 2.05) is 6.92 Å². The second-order valence-corrected chi connectivity index (χ2v) is 7.36. The molecule has 6 heteroatoms. The van der Waals surface area contributed by atoms with Crippen LogP contribution in [-0.2, 0) is 9.05 Å². The van der Waals surface area contributed by atoms with Crippen molar-refractivity contribution in [2.45, 2.75) is 18.7 Å². The molecule has 0 aromatic heterocycles. The number of halogens is 1. The third kappa shape index (κ3) is 4.77. The summed E-state index contributed by atoms with van der Waals surface area (Å²) in [5.41, 5.74) is 0.833. The molecule has 0 aliphatic carbocycles. The van der Waals surface area contributed by atoms with Crippen molar-refractivity contribution >= 4 is 31.5 Å². The van der Waals surface area contributed by atoms with Crippen molar-refractivity contribution in [3.63, 3.8) is 0 Å². The van der Waals surface area contributed by atoms with Crippen molar-refractivity contribution in [3.8, 4) is 5.75 Å². The summed E-state index contributed by atoms with van der Waals surface area (Å²) in [6, 6.07) is 4.96. The fourth-order valence-electron chi connectivity index (χ4n) is 1.28. The molecule has 96 valence electrons. The smallest absolute Gasteiger partial charge is 0.264 e. The Bertz CT molecular complexity index is 472. The SMILES string of the molecule is CCSCCOc1ccc(C)cc1S(=O)(=O)Cl. The number of hydrogen-bond donors (Lipinski definition) is 0. The van der Waals surface area contributed by atoms with Gasteiger partial charge in [0.1, 0.15) is 10.6 Å². The summed E-state index contributed by atoms with van der Waals surface area (Å²) in [5.74, 6) is 2.16. The van der Waals surface area contributed by atoms with E-state index in [1.54, 1.807) is 23.9 Å². The van der Waals surface area contributed by atoms with Gasteiger partial charge in [0, 0.05) is 16.4 Å². The van der Waals surface area contributed by atoms with Crippen molar-refractivity contribution in [2.75, 3.05) is 18.1 Å². The van der Waals surface area contributed by atoms with Crippen molar-refractivity contribution in [2.24, 2.45) is 0 Å². The molecule has 1 rings (SSSR count). The van der Waals surface area contributed by atoms with Crippen LogP contribution < -0.4 is 4.74 Å². The molecule has 0 heterocycles. The number of thioether (sulfide) groups is 1. The first-order valence-corrected chi connectivity index (χ1v) is 8.67. The molecule has 0 bridgehead atoms. The second kappa shape index (κ2) is 6.52. The van der Waals surface area contributed by atoms with E-state index in [0.717, 1.165) is 17.1 Å². The Hall–Kier alpha value is -0.390. The third-order valence-electron chi connectivity index (χ3n) is 2.05. The molecule has 0 radical (unpaired) electrons. The molecule has 1 aromatic carbocycles. The minimum Gasteiger partial charge on any atom is -0.491 e. The molecule has 3 nitrogen and oxygen atoms in total. The Morgan fingerprint density at radius 1 is 1.41 bits per heavy atom. The summed E-state index contributed by atoms with van der Waals surface area (Å²) in [4.78, 5) is 0.0423. The van der Waals surface area contributed by atoms with Crippen LogP contribution in [0.5, 0.6) is 5.75 Å². The normalized spacial score (nSPS) is 11.5. The van der Waals surface area contributed by atoms with Gasteiger partial charge in [-0.1, -0.05) is 13.0 Å². The van der Waals surface area contributed by atoms with Crippen LogP contribution in [0.3, 0.4) is 0 Å². The van der Waals surface area contributed by atoms with Crippen molar-refractivity contribution in [1.29, 1.82) is 0 Å². The lowest BCUT2D eigenvalue weighted by molar-refractivity contribution is 0.335. The molecule has 0 aliphatic rings. The zero-order chi connectivity index (χ0) is 12.9. The molecular weight excluding hydrogens is 280 g/mol. The molecule has 0 unspecified atom stereocenters. The maximum atomic E-state index is 11.4. The number of hydrogen-bond acceptors (Lipinski definition) is 4. The standard InChI is InChI=1S/C11H15ClO3S2/c1-3-16-7-6-15-10-5-4-9(2)8-11(10)17(12,13)14/h4-5,8H,3,6-7H2,1-2H3. The number of rotatable bonds is 6. The van der Waals surface area contributed by atoms with Crippen LogP contribution in [0.2, 0.25) is 0 Å². The van der Waals surface area contributed by atoms with E-state index in [9.17, 15) is 8.42 Å². The lowest BCUT2D eigenvalue weighted by Crippen LogP contribution is -2.04. The minimum absolute atomic E-state index is 0.0423. The van der Waals surface area contributed by atoms with E-state index in [4.69, 9.17) is 15.4 Å². The first-order chi connectivity index (χ1) is 7.95. The average Bonchev–Trinajstić information content (AvgIpc) is 2.25. The van der Waals surface area contributed by atoms with Crippen molar-refractivity contribution < 1.29 is 13.2 Å². The van der Waals surface area contributed by atoms with Crippen molar-refractivity contribution in [1.82, 2.24) is 0 Å². The highest BCUT2D eigenvalue weighted by atomic mass is 35.7. The highest BCUT2D eigenvalue weighted by Crippen LogP contribution is 2.28. The largest absolute Gasteiger partial charge is 0.491 e. The molecular formula is C11H15ClO3S2. The molecule has 0 atom stereocenters. The number of benzene rings is 1. The van der Waals surface area contributed by atoms with Gasteiger partial charge in [0.2, 0.25) is 0 Å². The van der Waals surface area contributed by atoms with E-state index in [0.29, 0.717) is 12.4 Å². The summed E-state index contributed by atoms with van der Waals surface area (Å²) in [7, 11) is 1.60. The van der Waals surface area contributed by atoms with Crippen LogP contribution in [0.15, 0.2) is 23.1 Å². The van der Waals surface area contributed by atoms with Gasteiger partial charge in [-0.25, -0.2) is 8.42 Å². The van der Waals surface area contributed by atoms with E-state index in [2.05, 4.69) is 6.92 Å². The summed E-state index contributed by atoms with van der Waals surface area (Å²) >= 11 is 1.74. The van der Waals surface area contributed by atoms with Gasteiger partial charge < -0.3 is 4.74 Å². The molecule has 0 spiro atoms. The molecule has 0 saturated heterocycles. The lowest BCUT2D eigenvalue weighted by Gasteiger charge is -2.09. The maximum absolute atomic E-state index is 11.4. The number of aryl methyl sites for hydroxylation is 1. The summed E-state index contributed by atoms with van der Waals surface area (Å²) in [6.45, 7) is 4.34. The minimum atomic E-state index is -3.76. The van der Waals surface area contributed by atoms with Crippen LogP contribution in [0.1, 0.15) is 12.5 Å². The van der Waals surface area contributed by atoms with Crippen LogP contribution in [0, 0.1) is 6.92 Å². The van der Waals surface area contributed by atoms with Gasteiger partial charge in [-0.3, -0.25) is 0 Å². The third-order valence-corrected chi connectivity index (χ3v) is 4.26. The molecule has 0 fully saturated rings. The van der Waals surface area contributed by atoms with Gasteiger partial charge in [0.25, 0.3) is 9.05 Å². The van der Waals surface area contributed by atoms with Crippen LogP contribution in [-0.4, -0.2) is 26.5 Å². The zero-order valence-electron chi connectivity index (χ0n) is 9.77. The lowest BCUT2D eigenvalue weighted by atomic mass is 10.2. The van der Waals surface area contributed by atoms with Crippen LogP contribution in [0.4, 0.5) is 0 Å². The van der Waals surface area contributed by atoms with Crippen LogP contribution >= 0.6 is 22.4 Å². The molecule has 0 N–H and O–H groups in total. The highest BCUT2D eigenvalue weighted by Gasteiger charge is 2.16. The van der Waals surface area contributed by atoms with E-state index >= 15 is 0 Å². The van der Waals surface area contributed by atoms with E-state index < -0.39 is 9.05 Å². The summed E-state index contributed by atoms with van der Waals surface area (Å²) in [5, 5.41) is 0. The molecule has 0 amide bonds. The quantitative estimate of drug-likeness (QED) is 0.597. The Balaban J connectivity index is 2.84. The monoisotopic (exact) mass is 294 g/mol. The Morgan fingerprint density at radius 3 is 2.71 bits per heavy atom. The van der Waals surface area contributed by atoms with Crippen LogP contribution in [0.25, 0.3) is 0 Å². The zero-order valence-corrected chi connectivity index (χ0v) is 12.2. The number of ether oxygens (including phenoxy) is 1. The van der Waals surface area contributed by atoms with Gasteiger partial charge in [-0.2, -0.15) is 11.8 Å². The summed E-state index contributed by atoms with van der Waals surface area (Å²) < 4.78 is 28.2. The maximum Gasteiger partial charge on any atom is 0.264 e. The van der Waals surface area contributed by atoms with Gasteiger partial charge in [-0.15, -0.1) is 0 Å².